The first-order valence-electron chi connectivity index (χ1n) is 7.52. The summed E-state index contributed by atoms with van der Waals surface area (Å²) in [6, 6.07) is 3.21. The van der Waals surface area contributed by atoms with Crippen LogP contribution < -0.4 is 16.0 Å². The molecule has 3 rings (SSSR count). The number of aliphatic hydroxyl groups excluding tert-OH is 2. The van der Waals surface area contributed by atoms with Crippen molar-refractivity contribution in [3.8, 4) is 0 Å². The van der Waals surface area contributed by atoms with Gasteiger partial charge in [-0.05, 0) is 6.07 Å². The normalized spacial score (nSPS) is 13.7. The molecule has 0 aromatic carbocycles. The third-order valence-corrected chi connectivity index (χ3v) is 3.80. The Hall–Kier alpha value is -3.11. The molecule has 0 aliphatic rings. The summed E-state index contributed by atoms with van der Waals surface area (Å²) in [5.41, 5.74) is 12.2. The van der Waals surface area contributed by atoms with E-state index in [1.54, 1.807) is 27.5 Å². The molecule has 0 aliphatic heterocycles. The summed E-state index contributed by atoms with van der Waals surface area (Å²) >= 11 is 0. The number of hydrogen-bond donors (Lipinski definition) is 4. The van der Waals surface area contributed by atoms with Crippen LogP contribution in [0.5, 0.6) is 0 Å². The van der Waals surface area contributed by atoms with E-state index in [-0.39, 0.29) is 18.9 Å². The summed E-state index contributed by atoms with van der Waals surface area (Å²) in [7, 11) is 0. The summed E-state index contributed by atoms with van der Waals surface area (Å²) in [4.78, 5) is 23.3. The predicted molar refractivity (Wildman–Crippen MR) is 86.9 cm³/mol. The first kappa shape index (κ1) is 16.7. The Labute approximate surface area is 142 Å². The van der Waals surface area contributed by atoms with Gasteiger partial charge in [0, 0.05) is 6.07 Å². The molecule has 0 aliphatic carbocycles. The fourth-order valence-electron chi connectivity index (χ4n) is 2.47. The van der Waals surface area contributed by atoms with Crippen molar-refractivity contribution in [2.75, 3.05) is 5.73 Å². The van der Waals surface area contributed by atoms with Crippen molar-refractivity contribution < 1.29 is 19.6 Å². The lowest BCUT2D eigenvalue weighted by molar-refractivity contribution is -0.704. The molecule has 3 heterocycles. The van der Waals surface area contributed by atoms with Crippen LogP contribution in [0.3, 0.4) is 0 Å². The van der Waals surface area contributed by atoms with Crippen molar-refractivity contribution >= 4 is 22.9 Å². The van der Waals surface area contributed by atoms with E-state index in [9.17, 15) is 15.0 Å². The molecule has 6 N–H and O–H groups in total. The van der Waals surface area contributed by atoms with E-state index in [4.69, 9.17) is 11.5 Å². The average molecular weight is 344 g/mol. The second-order valence-electron chi connectivity index (χ2n) is 5.62. The Kier molecular flexibility index (Phi) is 4.55. The number of pyridine rings is 1. The van der Waals surface area contributed by atoms with E-state index >= 15 is 0 Å². The standard InChI is InChI=1S/C15H17N7O3/c16-13-12-15(19-7-18-13)22(8-20-12)6-11(24)10(23)5-21-3-1-2-9(4-21)14(17)25/h1-4,7-8,10-11,23-24H,5-6H2,(H3-,16,17,18,19,25)/p+1/t10-,11-/m0/s1. The second kappa shape index (κ2) is 6.79. The topological polar surface area (TPSA) is 157 Å². The summed E-state index contributed by atoms with van der Waals surface area (Å²) < 4.78 is 3.17. The molecular formula is C15H18N7O3+. The van der Waals surface area contributed by atoms with E-state index in [0.717, 1.165) is 0 Å². The lowest BCUT2D eigenvalue weighted by atomic mass is 10.2. The van der Waals surface area contributed by atoms with Crippen LogP contribution in [0.25, 0.3) is 11.2 Å². The molecule has 10 heteroatoms. The zero-order valence-corrected chi connectivity index (χ0v) is 13.2. The minimum atomic E-state index is -1.08. The van der Waals surface area contributed by atoms with Crippen molar-refractivity contribution in [2.45, 2.75) is 25.3 Å². The van der Waals surface area contributed by atoms with Crippen molar-refractivity contribution in [1.29, 1.82) is 0 Å². The van der Waals surface area contributed by atoms with Crippen molar-refractivity contribution in [3.63, 3.8) is 0 Å². The number of nitrogens with two attached hydrogens (primary N) is 2. The van der Waals surface area contributed by atoms with E-state index in [0.29, 0.717) is 16.7 Å². The number of carbonyl (C=O) groups excluding carboxylic acids is 1. The zero-order chi connectivity index (χ0) is 18.0. The molecule has 0 radical (unpaired) electrons. The quantitative estimate of drug-likeness (QED) is 0.385. The molecule has 2 atom stereocenters. The lowest BCUT2D eigenvalue weighted by Gasteiger charge is -2.16. The summed E-state index contributed by atoms with van der Waals surface area (Å²) in [5, 5.41) is 20.5. The molecule has 0 spiro atoms. The minimum Gasteiger partial charge on any atom is -0.388 e. The largest absolute Gasteiger partial charge is 0.388 e. The zero-order valence-electron chi connectivity index (χ0n) is 13.2. The molecule has 3 aromatic rings. The molecule has 0 saturated carbocycles. The molecule has 130 valence electrons. The Morgan fingerprint density at radius 2 is 2.08 bits per heavy atom. The van der Waals surface area contributed by atoms with Crippen LogP contribution in [0, 0.1) is 0 Å². The van der Waals surface area contributed by atoms with Crippen molar-refractivity contribution in [2.24, 2.45) is 5.73 Å². The summed E-state index contributed by atoms with van der Waals surface area (Å²) in [6.45, 7) is 0.163. The molecular weight excluding hydrogens is 326 g/mol. The number of nitrogens with zero attached hydrogens (tertiary/aromatic N) is 5. The number of fused-ring (bicyclic) bond motifs is 1. The van der Waals surface area contributed by atoms with Crippen LogP contribution in [0.2, 0.25) is 0 Å². The highest BCUT2D eigenvalue weighted by Crippen LogP contribution is 2.15. The molecule has 0 saturated heterocycles. The molecule has 10 nitrogen and oxygen atoms in total. The van der Waals surface area contributed by atoms with Gasteiger partial charge in [-0.3, -0.25) is 4.79 Å². The Morgan fingerprint density at radius 3 is 2.84 bits per heavy atom. The fourth-order valence-corrected chi connectivity index (χ4v) is 2.47. The smallest absolute Gasteiger partial charge is 0.254 e. The molecule has 25 heavy (non-hydrogen) atoms. The number of nitrogen functional groups attached to an aromatic ring is 1. The van der Waals surface area contributed by atoms with Gasteiger partial charge in [0.15, 0.2) is 30.4 Å². The van der Waals surface area contributed by atoms with Gasteiger partial charge in [0.1, 0.15) is 29.6 Å². The van der Waals surface area contributed by atoms with Gasteiger partial charge < -0.3 is 26.2 Å². The monoisotopic (exact) mass is 344 g/mol. The molecule has 0 fully saturated rings. The average Bonchev–Trinajstić information content (AvgIpc) is 2.99. The maximum Gasteiger partial charge on any atom is 0.254 e. The van der Waals surface area contributed by atoms with Gasteiger partial charge >= 0.3 is 0 Å². The number of aliphatic hydroxyl groups is 2. The fraction of sp³-hybridized carbons (Fsp3) is 0.267. The first-order valence-corrected chi connectivity index (χ1v) is 7.52. The number of aromatic nitrogens is 5. The van der Waals surface area contributed by atoms with Crippen molar-refractivity contribution in [3.05, 3.63) is 42.7 Å². The highest BCUT2D eigenvalue weighted by Gasteiger charge is 2.23. The van der Waals surface area contributed by atoms with Gasteiger partial charge in [-0.1, -0.05) is 0 Å². The maximum absolute atomic E-state index is 11.2. The Morgan fingerprint density at radius 1 is 1.28 bits per heavy atom. The third kappa shape index (κ3) is 3.54. The number of anilines is 1. The Bertz CT molecular complexity index is 911. The number of imidazole rings is 1. The van der Waals surface area contributed by atoms with Gasteiger partial charge in [0.05, 0.1) is 12.9 Å². The van der Waals surface area contributed by atoms with Crippen LogP contribution in [0.15, 0.2) is 37.2 Å². The molecule has 0 unspecified atom stereocenters. The number of carbonyl (C=O) groups is 1. The van der Waals surface area contributed by atoms with E-state index in [2.05, 4.69) is 15.0 Å². The summed E-state index contributed by atoms with van der Waals surface area (Å²) in [6.07, 6.45) is 3.81. The second-order valence-corrected chi connectivity index (χ2v) is 5.62. The highest BCUT2D eigenvalue weighted by molar-refractivity contribution is 5.92. The number of amides is 1. The molecule has 1 amide bonds. The van der Waals surface area contributed by atoms with Crippen LogP contribution in [0.1, 0.15) is 10.4 Å². The third-order valence-electron chi connectivity index (χ3n) is 3.80. The predicted octanol–water partition coefficient (Wildman–Crippen LogP) is -1.78. The van der Waals surface area contributed by atoms with Crippen LogP contribution >= 0.6 is 0 Å². The Balaban J connectivity index is 1.72. The van der Waals surface area contributed by atoms with Crippen LogP contribution in [0.4, 0.5) is 5.82 Å². The minimum absolute atomic E-state index is 0.0736. The number of hydrogen-bond acceptors (Lipinski definition) is 7. The summed E-state index contributed by atoms with van der Waals surface area (Å²) in [5.74, 6) is -0.316. The van der Waals surface area contributed by atoms with E-state index < -0.39 is 18.1 Å². The van der Waals surface area contributed by atoms with E-state index in [1.165, 1.54) is 18.9 Å². The SMILES string of the molecule is NC(=O)c1ccc[n+](C[C@H](O)[C@@H](O)Cn2cnc3c(N)ncnc32)c1. The molecule has 3 aromatic heterocycles. The number of primary amides is 1. The van der Waals surface area contributed by atoms with Gasteiger partial charge in [0.2, 0.25) is 0 Å². The van der Waals surface area contributed by atoms with E-state index in [1.807, 2.05) is 0 Å². The van der Waals surface area contributed by atoms with Gasteiger partial charge in [-0.25, -0.2) is 19.5 Å². The first-order chi connectivity index (χ1) is 12.0. The number of rotatable bonds is 6. The van der Waals surface area contributed by atoms with Crippen LogP contribution in [-0.4, -0.2) is 47.8 Å². The molecule has 0 bridgehead atoms. The van der Waals surface area contributed by atoms with Crippen LogP contribution in [-0.2, 0) is 13.1 Å². The van der Waals surface area contributed by atoms with Gasteiger partial charge in [-0.2, -0.15) is 0 Å². The maximum atomic E-state index is 11.2. The van der Waals surface area contributed by atoms with Crippen molar-refractivity contribution in [1.82, 2.24) is 19.5 Å². The highest BCUT2D eigenvalue weighted by atomic mass is 16.3. The van der Waals surface area contributed by atoms with Gasteiger partial charge in [-0.15, -0.1) is 0 Å². The lowest BCUT2D eigenvalue weighted by Crippen LogP contribution is -2.45. The van der Waals surface area contributed by atoms with Gasteiger partial charge in [0.25, 0.3) is 5.91 Å².